The second-order valence-corrected chi connectivity index (χ2v) is 7.09. The normalized spacial score (nSPS) is 21.0. The fraction of sp³-hybridized carbons (Fsp3) is 0.600. The number of amides is 1. The van der Waals surface area contributed by atoms with Gasteiger partial charge in [-0.25, -0.2) is 0 Å². The van der Waals surface area contributed by atoms with E-state index in [1.54, 1.807) is 0 Å². The molecule has 1 unspecified atom stereocenters. The van der Waals surface area contributed by atoms with Crippen LogP contribution < -0.4 is 0 Å². The third-order valence-electron chi connectivity index (χ3n) is 5.34. The van der Waals surface area contributed by atoms with Gasteiger partial charge in [0, 0.05) is 39.3 Å². The predicted molar refractivity (Wildman–Crippen MR) is 99.5 cm³/mol. The van der Waals surface area contributed by atoms with Crippen molar-refractivity contribution in [2.75, 3.05) is 52.5 Å². The van der Waals surface area contributed by atoms with E-state index >= 15 is 0 Å². The number of nitrogens with zero attached hydrogens (tertiary/aromatic N) is 4. The van der Waals surface area contributed by atoms with E-state index in [1.165, 1.54) is 5.56 Å². The summed E-state index contributed by atoms with van der Waals surface area (Å²) in [6, 6.07) is 9.91. The number of benzene rings is 1. The first-order chi connectivity index (χ1) is 12.7. The van der Waals surface area contributed by atoms with Gasteiger partial charge in [0.1, 0.15) is 0 Å². The van der Waals surface area contributed by atoms with Crippen LogP contribution in [0.1, 0.15) is 24.5 Å². The number of rotatable bonds is 4. The molecule has 0 aromatic heterocycles. The zero-order valence-corrected chi connectivity index (χ0v) is 15.6. The second-order valence-electron chi connectivity index (χ2n) is 7.09. The molecule has 26 heavy (non-hydrogen) atoms. The molecule has 1 aromatic rings. The van der Waals surface area contributed by atoms with Gasteiger partial charge in [-0.05, 0) is 37.6 Å². The standard InChI is InChI=1S/C20H28N4O2/c1-17(20(25)24-11-13-26-14-12-24)23-8-2-7-22(9-10-23)16-19-5-3-18(15-21)4-6-19/h3-6,17H,2,7-14,16H2,1H3. The van der Waals surface area contributed by atoms with Crippen molar-refractivity contribution in [3.05, 3.63) is 35.4 Å². The van der Waals surface area contributed by atoms with Crippen molar-refractivity contribution < 1.29 is 9.53 Å². The molecule has 0 aliphatic carbocycles. The molecule has 0 bridgehead atoms. The van der Waals surface area contributed by atoms with Crippen molar-refractivity contribution in [2.45, 2.75) is 25.9 Å². The molecule has 0 spiro atoms. The maximum Gasteiger partial charge on any atom is 0.239 e. The minimum atomic E-state index is -0.0667. The van der Waals surface area contributed by atoms with Crippen LogP contribution in [0.25, 0.3) is 0 Å². The van der Waals surface area contributed by atoms with Crippen molar-refractivity contribution in [3.63, 3.8) is 0 Å². The summed E-state index contributed by atoms with van der Waals surface area (Å²) < 4.78 is 5.35. The maximum atomic E-state index is 12.7. The molecular formula is C20H28N4O2. The van der Waals surface area contributed by atoms with E-state index in [0.29, 0.717) is 31.9 Å². The third-order valence-corrected chi connectivity index (χ3v) is 5.34. The van der Waals surface area contributed by atoms with Gasteiger partial charge in [0.15, 0.2) is 0 Å². The summed E-state index contributed by atoms with van der Waals surface area (Å²) >= 11 is 0. The quantitative estimate of drug-likeness (QED) is 0.814. The number of ether oxygens (including phenoxy) is 1. The van der Waals surface area contributed by atoms with Crippen LogP contribution in [-0.4, -0.2) is 79.1 Å². The van der Waals surface area contributed by atoms with E-state index in [2.05, 4.69) is 15.9 Å². The molecule has 0 radical (unpaired) electrons. The number of carbonyl (C=O) groups excluding carboxylic acids is 1. The van der Waals surface area contributed by atoms with Gasteiger partial charge in [0.05, 0.1) is 30.9 Å². The molecule has 2 fully saturated rings. The summed E-state index contributed by atoms with van der Waals surface area (Å²) in [4.78, 5) is 19.4. The van der Waals surface area contributed by atoms with E-state index in [4.69, 9.17) is 10.00 Å². The van der Waals surface area contributed by atoms with Gasteiger partial charge in [-0.15, -0.1) is 0 Å². The van der Waals surface area contributed by atoms with Crippen LogP contribution in [0.15, 0.2) is 24.3 Å². The van der Waals surface area contributed by atoms with Gasteiger partial charge >= 0.3 is 0 Å². The lowest BCUT2D eigenvalue weighted by atomic mass is 10.1. The highest BCUT2D eigenvalue weighted by molar-refractivity contribution is 5.81. The zero-order valence-electron chi connectivity index (χ0n) is 15.6. The molecule has 6 nitrogen and oxygen atoms in total. The van der Waals surface area contributed by atoms with Gasteiger partial charge in [-0.1, -0.05) is 12.1 Å². The van der Waals surface area contributed by atoms with Gasteiger partial charge in [-0.2, -0.15) is 5.26 Å². The highest BCUT2D eigenvalue weighted by Gasteiger charge is 2.28. The van der Waals surface area contributed by atoms with Crippen LogP contribution in [-0.2, 0) is 16.1 Å². The van der Waals surface area contributed by atoms with E-state index in [-0.39, 0.29) is 11.9 Å². The molecule has 2 aliphatic rings. The first kappa shape index (κ1) is 18.8. The Morgan fingerprint density at radius 2 is 1.85 bits per heavy atom. The number of morpholine rings is 1. The molecule has 0 saturated carbocycles. The Morgan fingerprint density at radius 1 is 1.12 bits per heavy atom. The van der Waals surface area contributed by atoms with Crippen molar-refractivity contribution in [1.82, 2.24) is 14.7 Å². The Morgan fingerprint density at radius 3 is 2.54 bits per heavy atom. The molecule has 3 rings (SSSR count). The minimum Gasteiger partial charge on any atom is -0.378 e. The van der Waals surface area contributed by atoms with Crippen LogP contribution >= 0.6 is 0 Å². The highest BCUT2D eigenvalue weighted by atomic mass is 16.5. The lowest BCUT2D eigenvalue weighted by Gasteiger charge is -2.34. The fourth-order valence-corrected chi connectivity index (χ4v) is 3.68. The summed E-state index contributed by atoms with van der Waals surface area (Å²) in [5.74, 6) is 0.230. The van der Waals surface area contributed by atoms with Crippen LogP contribution in [0.4, 0.5) is 0 Å². The summed E-state index contributed by atoms with van der Waals surface area (Å²) in [5.41, 5.74) is 1.93. The molecule has 1 aromatic carbocycles. The average molecular weight is 356 g/mol. The molecule has 2 heterocycles. The number of nitriles is 1. The summed E-state index contributed by atoms with van der Waals surface area (Å²) in [7, 11) is 0. The third kappa shape index (κ3) is 4.82. The van der Waals surface area contributed by atoms with E-state index < -0.39 is 0 Å². The van der Waals surface area contributed by atoms with Gasteiger partial charge in [-0.3, -0.25) is 14.6 Å². The van der Waals surface area contributed by atoms with Gasteiger partial charge < -0.3 is 9.64 Å². The first-order valence-corrected chi connectivity index (χ1v) is 9.49. The molecule has 1 amide bonds. The van der Waals surface area contributed by atoms with Crippen molar-refractivity contribution in [2.24, 2.45) is 0 Å². The molecule has 6 heteroatoms. The van der Waals surface area contributed by atoms with Crippen molar-refractivity contribution in [1.29, 1.82) is 5.26 Å². The second kappa shape index (κ2) is 9.13. The number of carbonyl (C=O) groups is 1. The van der Waals surface area contributed by atoms with Crippen LogP contribution in [0.5, 0.6) is 0 Å². The summed E-state index contributed by atoms with van der Waals surface area (Å²) in [5, 5.41) is 8.90. The predicted octanol–water partition coefficient (Wildman–Crippen LogP) is 1.31. The fourth-order valence-electron chi connectivity index (χ4n) is 3.68. The Hall–Kier alpha value is -1.94. The molecule has 1 atom stereocenters. The Balaban J connectivity index is 1.52. The monoisotopic (exact) mass is 356 g/mol. The van der Waals surface area contributed by atoms with E-state index in [9.17, 15) is 4.79 Å². The average Bonchev–Trinajstić information content (AvgIpc) is 2.94. The van der Waals surface area contributed by atoms with Crippen molar-refractivity contribution >= 4 is 5.91 Å². The molecule has 2 saturated heterocycles. The number of hydrogen-bond acceptors (Lipinski definition) is 5. The Bertz CT molecular complexity index is 634. The topological polar surface area (TPSA) is 59.8 Å². The zero-order chi connectivity index (χ0) is 18.4. The SMILES string of the molecule is CC(C(=O)N1CCOCC1)N1CCCN(Cc2ccc(C#N)cc2)CC1. The lowest BCUT2D eigenvalue weighted by Crippen LogP contribution is -2.51. The lowest BCUT2D eigenvalue weighted by molar-refractivity contribution is -0.140. The van der Waals surface area contributed by atoms with Crippen LogP contribution in [0, 0.1) is 11.3 Å². The van der Waals surface area contributed by atoms with E-state index in [0.717, 1.165) is 39.1 Å². The molecular weight excluding hydrogens is 328 g/mol. The van der Waals surface area contributed by atoms with E-state index in [1.807, 2.05) is 36.1 Å². The summed E-state index contributed by atoms with van der Waals surface area (Å²) in [6.45, 7) is 9.51. The maximum absolute atomic E-state index is 12.7. The molecule has 140 valence electrons. The van der Waals surface area contributed by atoms with Crippen LogP contribution in [0.2, 0.25) is 0 Å². The largest absolute Gasteiger partial charge is 0.378 e. The number of hydrogen-bond donors (Lipinski definition) is 0. The Kier molecular flexibility index (Phi) is 6.62. The van der Waals surface area contributed by atoms with Gasteiger partial charge in [0.25, 0.3) is 0 Å². The summed E-state index contributed by atoms with van der Waals surface area (Å²) in [6.07, 6.45) is 1.07. The van der Waals surface area contributed by atoms with Crippen molar-refractivity contribution in [3.8, 4) is 6.07 Å². The Labute approximate surface area is 155 Å². The highest BCUT2D eigenvalue weighted by Crippen LogP contribution is 2.13. The first-order valence-electron chi connectivity index (χ1n) is 9.49. The smallest absolute Gasteiger partial charge is 0.239 e. The minimum absolute atomic E-state index is 0.0667. The van der Waals surface area contributed by atoms with Gasteiger partial charge in [0.2, 0.25) is 5.91 Å². The molecule has 2 aliphatic heterocycles. The van der Waals surface area contributed by atoms with Crippen LogP contribution in [0.3, 0.4) is 0 Å². The molecule has 0 N–H and O–H groups in total.